The molecule has 0 radical (unpaired) electrons. The van der Waals surface area contributed by atoms with E-state index in [9.17, 15) is 18.8 Å². The first-order chi connectivity index (χ1) is 22.9. The standard InChI is InChI=1S/C37H48ClFN6O3/c1-7-9-14-29-30(43-37(48)34-25(6)45(21-41-34)32-16-11-13-28(38)33(32)39)15-10-12-23(4)36(47)44-31-19-26(42-35(46)22(3)8-2)17-18-27(31)24(5)20-40-29/h11,13-14,16,18-23,26,30,40H,7-10,12,15,17H2,1-6H3,(H,42,46)(H,43,48)(H,44,47)/b24-20+,29-14+. The molecule has 0 fully saturated rings. The summed E-state index contributed by atoms with van der Waals surface area (Å²) in [5.41, 5.74) is 4.16. The van der Waals surface area contributed by atoms with Crippen molar-refractivity contribution in [2.24, 2.45) is 11.8 Å². The van der Waals surface area contributed by atoms with E-state index in [4.69, 9.17) is 11.6 Å². The summed E-state index contributed by atoms with van der Waals surface area (Å²) in [6.45, 7) is 11.6. The normalized spacial score (nSPS) is 23.0. The van der Waals surface area contributed by atoms with Crippen molar-refractivity contribution in [2.75, 3.05) is 0 Å². The highest BCUT2D eigenvalue weighted by Crippen LogP contribution is 2.27. The van der Waals surface area contributed by atoms with Crippen LogP contribution in [0, 0.1) is 24.6 Å². The molecule has 1 aliphatic carbocycles. The largest absolute Gasteiger partial charge is 0.363 e. The first kappa shape index (κ1) is 36.7. The maximum atomic E-state index is 14.8. The molecule has 1 aromatic heterocycles. The molecule has 2 aromatic rings. The van der Waals surface area contributed by atoms with Gasteiger partial charge in [-0.25, -0.2) is 9.37 Å². The highest BCUT2D eigenvalue weighted by molar-refractivity contribution is 6.30. The van der Waals surface area contributed by atoms with Crippen LogP contribution in [-0.4, -0.2) is 39.4 Å². The summed E-state index contributed by atoms with van der Waals surface area (Å²) in [6.07, 6.45) is 14.3. The van der Waals surface area contributed by atoms with Crippen LogP contribution in [0.2, 0.25) is 5.02 Å². The lowest BCUT2D eigenvalue weighted by Crippen LogP contribution is -2.40. The van der Waals surface area contributed by atoms with Crippen LogP contribution in [0.25, 0.3) is 5.69 Å². The molecule has 4 unspecified atom stereocenters. The highest BCUT2D eigenvalue weighted by Gasteiger charge is 2.26. The molecule has 48 heavy (non-hydrogen) atoms. The Morgan fingerprint density at radius 3 is 2.71 bits per heavy atom. The van der Waals surface area contributed by atoms with E-state index in [-0.39, 0.29) is 52.0 Å². The van der Waals surface area contributed by atoms with Crippen LogP contribution in [-0.2, 0) is 9.59 Å². The van der Waals surface area contributed by atoms with Gasteiger partial charge in [0.1, 0.15) is 12.0 Å². The predicted octanol–water partition coefficient (Wildman–Crippen LogP) is 6.93. The number of nitrogens with one attached hydrogen (secondary N) is 4. The lowest BCUT2D eigenvalue weighted by atomic mass is 9.93. The number of fused-ring (bicyclic) bond motifs is 1. The van der Waals surface area contributed by atoms with Gasteiger partial charge in [0.25, 0.3) is 5.91 Å². The Bertz CT molecular complexity index is 1640. The fourth-order valence-corrected chi connectivity index (χ4v) is 5.95. The van der Waals surface area contributed by atoms with E-state index in [2.05, 4.69) is 39.3 Å². The van der Waals surface area contributed by atoms with Crippen LogP contribution in [0.3, 0.4) is 0 Å². The van der Waals surface area contributed by atoms with Crippen LogP contribution < -0.4 is 21.3 Å². The average Bonchev–Trinajstić information content (AvgIpc) is 3.45. The molecule has 0 spiro atoms. The number of amides is 3. The van der Waals surface area contributed by atoms with Crippen LogP contribution >= 0.6 is 11.6 Å². The number of nitrogens with zero attached hydrogens (tertiary/aromatic N) is 2. The quantitative estimate of drug-likeness (QED) is 0.242. The van der Waals surface area contributed by atoms with Gasteiger partial charge in [0.2, 0.25) is 11.8 Å². The van der Waals surface area contributed by atoms with E-state index in [0.29, 0.717) is 37.1 Å². The van der Waals surface area contributed by atoms with Gasteiger partial charge >= 0.3 is 0 Å². The van der Waals surface area contributed by atoms with Gasteiger partial charge in [0, 0.05) is 29.4 Å². The third-order valence-corrected chi connectivity index (χ3v) is 9.37. The second-order valence-electron chi connectivity index (χ2n) is 12.7. The van der Waals surface area contributed by atoms with Crippen LogP contribution in [0.15, 0.2) is 71.5 Å². The summed E-state index contributed by atoms with van der Waals surface area (Å²) in [4.78, 5) is 44.1. The third kappa shape index (κ3) is 8.83. The Kier molecular flexibility index (Phi) is 12.8. The zero-order chi connectivity index (χ0) is 35.0. The van der Waals surface area contributed by atoms with E-state index in [0.717, 1.165) is 36.1 Å². The van der Waals surface area contributed by atoms with Crippen molar-refractivity contribution in [3.05, 3.63) is 93.7 Å². The Labute approximate surface area is 288 Å². The van der Waals surface area contributed by atoms with Crippen molar-refractivity contribution >= 4 is 29.3 Å². The maximum Gasteiger partial charge on any atom is 0.272 e. The van der Waals surface area contributed by atoms with E-state index >= 15 is 0 Å². The van der Waals surface area contributed by atoms with Gasteiger partial charge in [-0.3, -0.25) is 19.0 Å². The average molecular weight is 679 g/mol. The summed E-state index contributed by atoms with van der Waals surface area (Å²) >= 11 is 6.01. The van der Waals surface area contributed by atoms with E-state index < -0.39 is 11.9 Å². The van der Waals surface area contributed by atoms with E-state index in [1.54, 1.807) is 19.1 Å². The zero-order valence-electron chi connectivity index (χ0n) is 28.8. The molecule has 0 bridgehead atoms. The summed E-state index contributed by atoms with van der Waals surface area (Å²) in [7, 11) is 0. The van der Waals surface area contributed by atoms with Gasteiger partial charge in [-0.15, -0.1) is 0 Å². The van der Waals surface area contributed by atoms with Crippen molar-refractivity contribution in [3.8, 4) is 5.69 Å². The van der Waals surface area contributed by atoms with Gasteiger partial charge < -0.3 is 21.3 Å². The summed E-state index contributed by atoms with van der Waals surface area (Å²) in [6, 6.07) is 4.08. The van der Waals surface area contributed by atoms with Gasteiger partial charge in [0.05, 0.1) is 28.5 Å². The maximum absolute atomic E-state index is 14.8. The van der Waals surface area contributed by atoms with Crippen molar-refractivity contribution in [1.29, 1.82) is 0 Å². The molecule has 2 heterocycles. The Balaban J connectivity index is 1.62. The van der Waals surface area contributed by atoms with Crippen molar-refractivity contribution in [2.45, 2.75) is 98.6 Å². The summed E-state index contributed by atoms with van der Waals surface area (Å²) in [5.74, 6) is -1.46. The monoisotopic (exact) mass is 678 g/mol. The number of allylic oxidation sites excluding steroid dienone is 2. The second kappa shape index (κ2) is 16.8. The molecule has 1 aliphatic heterocycles. The number of carbonyl (C=O) groups is 3. The molecule has 4 N–H and O–H groups in total. The molecule has 3 amide bonds. The van der Waals surface area contributed by atoms with Crippen LogP contribution in [0.4, 0.5) is 4.39 Å². The van der Waals surface area contributed by atoms with Gasteiger partial charge in [-0.2, -0.15) is 0 Å². The highest BCUT2D eigenvalue weighted by atomic mass is 35.5. The van der Waals surface area contributed by atoms with Gasteiger partial charge in [-0.05, 0) is 75.3 Å². The van der Waals surface area contributed by atoms with Crippen molar-refractivity contribution in [3.63, 3.8) is 0 Å². The van der Waals surface area contributed by atoms with Crippen LogP contribution in [0.5, 0.6) is 0 Å². The predicted molar refractivity (Wildman–Crippen MR) is 188 cm³/mol. The number of hydrogen-bond donors (Lipinski definition) is 4. The number of unbranched alkanes of at least 4 members (excludes halogenated alkanes) is 1. The molecule has 1 aromatic carbocycles. The minimum atomic E-state index is -0.589. The first-order valence-electron chi connectivity index (χ1n) is 16.9. The minimum absolute atomic E-state index is 0.00755. The molecule has 4 atom stereocenters. The fraction of sp³-hybridized carbons (Fsp3) is 0.459. The Hall–Kier alpha value is -4.18. The lowest BCUT2D eigenvalue weighted by molar-refractivity contribution is -0.125. The molecule has 11 heteroatoms. The number of rotatable bonds is 8. The number of aromatic nitrogens is 2. The molecular weight excluding hydrogens is 631 g/mol. The van der Waals surface area contributed by atoms with Crippen LogP contribution in [0.1, 0.15) is 95.7 Å². The number of carbonyl (C=O) groups excluding carboxylic acids is 3. The molecule has 9 nitrogen and oxygen atoms in total. The van der Waals surface area contributed by atoms with E-state index in [1.165, 1.54) is 17.0 Å². The number of halogens is 2. The molecule has 4 rings (SSSR count). The topological polar surface area (TPSA) is 117 Å². The second-order valence-corrected chi connectivity index (χ2v) is 13.2. The van der Waals surface area contributed by atoms with Crippen molar-refractivity contribution in [1.82, 2.24) is 30.8 Å². The number of hydrogen-bond acceptors (Lipinski definition) is 5. The van der Waals surface area contributed by atoms with Crippen molar-refractivity contribution < 1.29 is 18.8 Å². The molecular formula is C37H48ClFN6O3. The van der Waals surface area contributed by atoms with Gasteiger partial charge in [-0.1, -0.05) is 70.4 Å². The molecule has 0 saturated carbocycles. The summed E-state index contributed by atoms with van der Waals surface area (Å²) < 4.78 is 16.3. The first-order valence-corrected chi connectivity index (χ1v) is 17.3. The zero-order valence-corrected chi connectivity index (χ0v) is 29.5. The fourth-order valence-electron chi connectivity index (χ4n) is 5.78. The summed E-state index contributed by atoms with van der Waals surface area (Å²) in [5, 5.41) is 12.9. The number of imidazole rings is 1. The van der Waals surface area contributed by atoms with E-state index in [1.807, 2.05) is 46.0 Å². The molecule has 2 aliphatic rings. The Morgan fingerprint density at radius 1 is 1.21 bits per heavy atom. The SMILES string of the molecule is CCC/C=C1/N/C=C(\C)C2=CCC(NC(=O)C(C)CC)C=C2NC(=O)C(C)CCCC1NC(=O)c1ncn(-c2cccc(Cl)c2F)c1C. The third-order valence-electron chi connectivity index (χ3n) is 9.08. The lowest BCUT2D eigenvalue weighted by Gasteiger charge is -2.26. The van der Waals surface area contributed by atoms with Gasteiger partial charge in [0.15, 0.2) is 5.82 Å². The minimum Gasteiger partial charge on any atom is -0.363 e. The molecule has 258 valence electrons. The molecule has 0 saturated heterocycles. The Morgan fingerprint density at radius 2 is 1.98 bits per heavy atom. The number of benzene rings is 1. The smallest absolute Gasteiger partial charge is 0.272 e.